The number of carbonyl (C=O) groups excluding carboxylic acids is 1. The number of sulfonamides is 1. The quantitative estimate of drug-likeness (QED) is 0.585. The molecule has 2 aromatic heterocycles. The average Bonchev–Trinajstić information content (AvgIpc) is 3.26. The molecule has 0 atom stereocenters. The van der Waals surface area contributed by atoms with Crippen LogP contribution < -0.4 is 0 Å². The molecule has 156 valence electrons. The third-order valence-corrected chi connectivity index (χ3v) is 7.61. The van der Waals surface area contributed by atoms with E-state index >= 15 is 0 Å². The molecule has 1 aromatic carbocycles. The Hall–Kier alpha value is -2.46. The van der Waals surface area contributed by atoms with Gasteiger partial charge in [-0.2, -0.15) is 4.31 Å². The van der Waals surface area contributed by atoms with Crippen LogP contribution in [0, 0.1) is 0 Å². The number of hydrogen-bond acceptors (Lipinski definition) is 6. The first kappa shape index (κ1) is 20.8. The summed E-state index contributed by atoms with van der Waals surface area (Å²) in [5, 5.41) is 4.00. The van der Waals surface area contributed by atoms with E-state index in [0.29, 0.717) is 11.3 Å². The maximum Gasteiger partial charge on any atom is 0.276 e. The van der Waals surface area contributed by atoms with Crippen molar-refractivity contribution >= 4 is 39.1 Å². The van der Waals surface area contributed by atoms with E-state index in [9.17, 15) is 13.2 Å². The Balaban J connectivity index is 1.45. The van der Waals surface area contributed by atoms with E-state index in [-0.39, 0.29) is 52.7 Å². The highest BCUT2D eigenvalue weighted by Crippen LogP contribution is 2.31. The number of halogens is 2. The maximum atomic E-state index is 12.9. The first-order valence-corrected chi connectivity index (χ1v) is 11.2. The number of rotatable bonds is 4. The van der Waals surface area contributed by atoms with Crippen LogP contribution in [0.5, 0.6) is 0 Å². The highest BCUT2D eigenvalue weighted by atomic mass is 35.5. The third kappa shape index (κ3) is 3.93. The topological polar surface area (TPSA) is 96.6 Å². The lowest BCUT2D eigenvalue weighted by molar-refractivity contribution is 0.0687. The van der Waals surface area contributed by atoms with E-state index in [4.69, 9.17) is 27.7 Å². The van der Waals surface area contributed by atoms with Gasteiger partial charge in [-0.15, -0.1) is 0 Å². The van der Waals surface area contributed by atoms with Crippen LogP contribution in [0.25, 0.3) is 11.3 Å². The van der Waals surface area contributed by atoms with Crippen LogP contribution >= 0.6 is 23.2 Å². The van der Waals surface area contributed by atoms with Gasteiger partial charge in [0.15, 0.2) is 11.5 Å². The molecule has 1 amide bonds. The summed E-state index contributed by atoms with van der Waals surface area (Å²) in [6.07, 6.45) is 3.25. The van der Waals surface area contributed by atoms with Crippen LogP contribution in [-0.2, 0) is 10.0 Å². The number of amides is 1. The van der Waals surface area contributed by atoms with Crippen LogP contribution in [0.1, 0.15) is 10.5 Å². The zero-order valence-corrected chi connectivity index (χ0v) is 17.9. The second kappa shape index (κ2) is 8.35. The normalized spacial score (nSPS) is 15.3. The Morgan fingerprint density at radius 3 is 2.53 bits per heavy atom. The molecule has 0 N–H and O–H groups in total. The molecule has 11 heteroatoms. The highest BCUT2D eigenvalue weighted by Gasteiger charge is 2.33. The van der Waals surface area contributed by atoms with Crippen molar-refractivity contribution in [2.24, 2.45) is 0 Å². The van der Waals surface area contributed by atoms with E-state index in [0.717, 1.165) is 0 Å². The van der Waals surface area contributed by atoms with Gasteiger partial charge in [0.1, 0.15) is 4.90 Å². The van der Waals surface area contributed by atoms with Crippen molar-refractivity contribution in [1.29, 1.82) is 0 Å². The van der Waals surface area contributed by atoms with Crippen molar-refractivity contribution in [2.75, 3.05) is 26.2 Å². The van der Waals surface area contributed by atoms with Crippen molar-refractivity contribution in [1.82, 2.24) is 19.3 Å². The minimum absolute atomic E-state index is 0.0109. The molecule has 0 saturated carbocycles. The summed E-state index contributed by atoms with van der Waals surface area (Å²) in [6, 6.07) is 9.57. The van der Waals surface area contributed by atoms with Crippen molar-refractivity contribution in [3.05, 3.63) is 64.5 Å². The molecular weight excluding hydrogens is 451 g/mol. The monoisotopic (exact) mass is 466 g/mol. The second-order valence-electron chi connectivity index (χ2n) is 6.57. The Bertz CT molecular complexity index is 1180. The molecule has 3 aromatic rings. The van der Waals surface area contributed by atoms with Gasteiger partial charge in [-0.25, -0.2) is 8.42 Å². The maximum absolute atomic E-state index is 12.9. The molecule has 1 aliphatic rings. The fourth-order valence-electron chi connectivity index (χ4n) is 3.14. The van der Waals surface area contributed by atoms with E-state index in [2.05, 4.69) is 10.1 Å². The summed E-state index contributed by atoms with van der Waals surface area (Å²) in [4.78, 5) is 18.3. The van der Waals surface area contributed by atoms with Gasteiger partial charge in [0.2, 0.25) is 10.0 Å². The van der Waals surface area contributed by atoms with Crippen LogP contribution in [0.2, 0.25) is 10.0 Å². The summed E-state index contributed by atoms with van der Waals surface area (Å²) in [6.45, 7) is 0.686. The van der Waals surface area contributed by atoms with Crippen molar-refractivity contribution < 1.29 is 17.7 Å². The molecule has 0 bridgehead atoms. The molecule has 3 heterocycles. The molecule has 0 radical (unpaired) electrons. The van der Waals surface area contributed by atoms with Crippen molar-refractivity contribution in [3.8, 4) is 11.3 Å². The fourth-order valence-corrected chi connectivity index (χ4v) is 5.29. The molecule has 4 rings (SSSR count). The first-order valence-electron chi connectivity index (χ1n) is 8.98. The minimum Gasteiger partial charge on any atom is -0.355 e. The van der Waals surface area contributed by atoms with E-state index < -0.39 is 10.0 Å². The number of benzene rings is 1. The Kier molecular flexibility index (Phi) is 5.79. The summed E-state index contributed by atoms with van der Waals surface area (Å²) in [7, 11) is -3.82. The molecule has 8 nitrogen and oxygen atoms in total. The van der Waals surface area contributed by atoms with Crippen molar-refractivity contribution in [2.45, 2.75) is 4.90 Å². The largest absolute Gasteiger partial charge is 0.355 e. The van der Waals surface area contributed by atoms with Crippen LogP contribution in [-0.4, -0.2) is 59.8 Å². The van der Waals surface area contributed by atoms with E-state index in [1.165, 1.54) is 27.4 Å². The van der Waals surface area contributed by atoms with Crippen molar-refractivity contribution in [3.63, 3.8) is 0 Å². The molecule has 0 aliphatic carbocycles. The van der Waals surface area contributed by atoms with E-state index in [1.54, 1.807) is 30.6 Å². The van der Waals surface area contributed by atoms with Gasteiger partial charge in [-0.1, -0.05) is 34.4 Å². The molecule has 1 saturated heterocycles. The van der Waals surface area contributed by atoms with E-state index in [1.807, 2.05) is 0 Å². The molecule has 1 fully saturated rings. The van der Waals surface area contributed by atoms with Gasteiger partial charge in [0.25, 0.3) is 5.91 Å². The van der Waals surface area contributed by atoms with Gasteiger partial charge >= 0.3 is 0 Å². The summed E-state index contributed by atoms with van der Waals surface area (Å²) < 4.78 is 32.4. The standard InChI is InChI=1S/C19H16Cl2N4O4S/c20-14-4-1-5-17(18(14)21)30(27,28)25-9-7-24(8-10-25)19(26)15-11-16(29-23-15)13-3-2-6-22-12-13/h1-6,11-12H,7-10H2. The van der Waals surface area contributed by atoms with Gasteiger partial charge in [0, 0.05) is 50.2 Å². The predicted molar refractivity (Wildman–Crippen MR) is 111 cm³/mol. The molecule has 1 aliphatic heterocycles. The molecule has 30 heavy (non-hydrogen) atoms. The zero-order valence-electron chi connectivity index (χ0n) is 15.5. The lowest BCUT2D eigenvalue weighted by Gasteiger charge is -2.33. The summed E-state index contributed by atoms with van der Waals surface area (Å²) in [5.41, 5.74) is 0.862. The van der Waals surface area contributed by atoms with Gasteiger partial charge < -0.3 is 9.42 Å². The molecule has 0 unspecified atom stereocenters. The molecular formula is C19H16Cl2N4O4S. The molecule has 0 spiro atoms. The Morgan fingerprint density at radius 1 is 1.07 bits per heavy atom. The summed E-state index contributed by atoms with van der Waals surface area (Å²) in [5.74, 6) is 0.106. The van der Waals surface area contributed by atoms with Gasteiger partial charge in [0.05, 0.1) is 10.0 Å². The predicted octanol–water partition coefficient (Wildman–Crippen LogP) is 3.19. The number of nitrogens with zero attached hydrogens (tertiary/aromatic N) is 4. The zero-order chi connectivity index (χ0) is 21.3. The summed E-state index contributed by atoms with van der Waals surface area (Å²) >= 11 is 12.0. The lowest BCUT2D eigenvalue weighted by atomic mass is 10.2. The van der Waals surface area contributed by atoms with Crippen LogP contribution in [0.15, 0.2) is 58.2 Å². The second-order valence-corrected chi connectivity index (χ2v) is 9.26. The number of pyridine rings is 1. The smallest absolute Gasteiger partial charge is 0.276 e. The van der Waals surface area contributed by atoms with Gasteiger partial charge in [-0.05, 0) is 24.3 Å². The Labute approximate surface area is 183 Å². The highest BCUT2D eigenvalue weighted by molar-refractivity contribution is 7.89. The average molecular weight is 467 g/mol. The number of piperazine rings is 1. The fraction of sp³-hybridized carbons (Fsp3) is 0.211. The first-order chi connectivity index (χ1) is 14.4. The van der Waals surface area contributed by atoms with Gasteiger partial charge in [-0.3, -0.25) is 9.78 Å². The number of carbonyl (C=O) groups is 1. The Morgan fingerprint density at radius 2 is 1.83 bits per heavy atom. The van der Waals surface area contributed by atoms with Crippen LogP contribution in [0.4, 0.5) is 0 Å². The lowest BCUT2D eigenvalue weighted by Crippen LogP contribution is -2.50. The third-order valence-electron chi connectivity index (χ3n) is 4.74. The number of hydrogen-bond donors (Lipinski definition) is 0. The SMILES string of the molecule is O=C(c1cc(-c2cccnc2)on1)N1CCN(S(=O)(=O)c2cccc(Cl)c2Cl)CC1. The van der Waals surface area contributed by atoms with Crippen LogP contribution in [0.3, 0.4) is 0 Å². The minimum atomic E-state index is -3.82. The number of aromatic nitrogens is 2.